The van der Waals surface area contributed by atoms with Crippen LogP contribution in [0.25, 0.3) is 0 Å². The van der Waals surface area contributed by atoms with Crippen molar-refractivity contribution < 1.29 is 36.3 Å². The number of alkyl halides is 3. The molecule has 0 saturated carbocycles. The summed E-state index contributed by atoms with van der Waals surface area (Å²) >= 11 is 0. The third kappa shape index (κ3) is 6.45. The molecule has 3 aromatic rings. The third-order valence-electron chi connectivity index (χ3n) is 6.70. The zero-order valence-electron chi connectivity index (χ0n) is 21.6. The van der Waals surface area contributed by atoms with Crippen LogP contribution in [0.4, 0.5) is 23.7 Å². The smallest absolute Gasteiger partial charge is 0.394 e. The average molecular weight is 576 g/mol. The normalized spacial score (nSPS) is 14.9. The molecule has 8 nitrogen and oxygen atoms in total. The number of benzene rings is 3. The molecule has 1 atom stereocenters. The number of amides is 3. The van der Waals surface area contributed by atoms with Gasteiger partial charge in [0.1, 0.15) is 0 Å². The van der Waals surface area contributed by atoms with E-state index in [9.17, 15) is 36.3 Å². The Balaban J connectivity index is 1.37. The van der Waals surface area contributed by atoms with Crippen molar-refractivity contribution in [1.82, 2.24) is 10.2 Å². The molecule has 4 rings (SSSR count). The number of halogens is 3. The Hall–Kier alpha value is -3.90. The molecular weight excluding hydrogens is 547 g/mol. The van der Waals surface area contributed by atoms with Crippen molar-refractivity contribution >= 4 is 27.5 Å². The Morgan fingerprint density at radius 2 is 1.60 bits per heavy atom. The van der Waals surface area contributed by atoms with Gasteiger partial charge < -0.3 is 15.3 Å². The van der Waals surface area contributed by atoms with Crippen molar-refractivity contribution in [3.63, 3.8) is 0 Å². The van der Waals surface area contributed by atoms with Crippen LogP contribution < -0.4 is 10.2 Å². The first kappa shape index (κ1) is 29.1. The molecule has 2 N–H and O–H groups in total. The second-order valence-corrected chi connectivity index (χ2v) is 11.6. The van der Waals surface area contributed by atoms with Gasteiger partial charge in [-0.05, 0) is 59.7 Å². The number of rotatable bonds is 9. The van der Waals surface area contributed by atoms with Crippen molar-refractivity contribution in [3.05, 3.63) is 95.1 Å². The summed E-state index contributed by atoms with van der Waals surface area (Å²) in [5.41, 5.74) is 1.22. The van der Waals surface area contributed by atoms with Crippen LogP contribution >= 0.6 is 0 Å². The summed E-state index contributed by atoms with van der Waals surface area (Å²) in [5.74, 6) is -0.504. The van der Waals surface area contributed by atoms with Gasteiger partial charge >= 0.3 is 12.2 Å². The zero-order chi connectivity index (χ0) is 29.1. The topological polar surface area (TPSA) is 107 Å². The number of urea groups is 1. The van der Waals surface area contributed by atoms with Crippen LogP contribution in [0.3, 0.4) is 0 Å². The lowest BCUT2D eigenvalue weighted by Crippen LogP contribution is -2.32. The van der Waals surface area contributed by atoms with E-state index in [-0.39, 0.29) is 23.2 Å². The van der Waals surface area contributed by atoms with E-state index < -0.39 is 40.1 Å². The number of nitrogens with one attached hydrogen (secondary N) is 1. The first-order valence-electron chi connectivity index (χ1n) is 12.5. The summed E-state index contributed by atoms with van der Waals surface area (Å²) < 4.78 is 62.4. The van der Waals surface area contributed by atoms with E-state index in [0.29, 0.717) is 35.5 Å². The molecule has 12 heteroatoms. The molecular formula is C28H28F3N3O5S. The molecule has 0 spiro atoms. The molecule has 40 heavy (non-hydrogen) atoms. The molecule has 0 aromatic heterocycles. The van der Waals surface area contributed by atoms with Crippen molar-refractivity contribution in [2.75, 3.05) is 30.3 Å². The van der Waals surface area contributed by atoms with E-state index in [0.717, 1.165) is 12.1 Å². The molecule has 0 radical (unpaired) electrons. The molecule has 3 aromatic carbocycles. The molecule has 1 heterocycles. The predicted molar refractivity (Wildman–Crippen MR) is 142 cm³/mol. The lowest BCUT2D eigenvalue weighted by molar-refractivity contribution is -0.137. The molecule has 0 unspecified atom stereocenters. The van der Waals surface area contributed by atoms with E-state index in [2.05, 4.69) is 5.32 Å². The summed E-state index contributed by atoms with van der Waals surface area (Å²) in [4.78, 5) is 29.0. The number of hydrogen-bond acceptors (Lipinski definition) is 5. The summed E-state index contributed by atoms with van der Waals surface area (Å²) in [6.07, 6.45) is -4.42. The Kier molecular flexibility index (Phi) is 8.50. The first-order valence-corrected chi connectivity index (χ1v) is 14.1. The van der Waals surface area contributed by atoms with Crippen molar-refractivity contribution in [3.8, 4) is 0 Å². The summed E-state index contributed by atoms with van der Waals surface area (Å²) in [7, 11) is -3.37. The van der Waals surface area contributed by atoms with E-state index in [1.165, 1.54) is 34.1 Å². The van der Waals surface area contributed by atoms with Crippen LogP contribution in [0.15, 0.2) is 77.7 Å². The maximum absolute atomic E-state index is 12.9. The fourth-order valence-electron chi connectivity index (χ4n) is 4.33. The fraction of sp³-hybridized carbons (Fsp3) is 0.286. The molecule has 1 aliphatic heterocycles. The minimum Gasteiger partial charge on any atom is -0.394 e. The zero-order valence-corrected chi connectivity index (χ0v) is 22.4. The Labute approximate surface area is 229 Å². The van der Waals surface area contributed by atoms with Crippen LogP contribution in [0.1, 0.15) is 40.0 Å². The van der Waals surface area contributed by atoms with Gasteiger partial charge in [-0.2, -0.15) is 13.2 Å². The summed E-state index contributed by atoms with van der Waals surface area (Å²) in [6.45, 7) is 2.08. The highest BCUT2D eigenvalue weighted by atomic mass is 32.2. The average Bonchev–Trinajstić information content (AvgIpc) is 3.31. The highest BCUT2D eigenvalue weighted by Crippen LogP contribution is 2.30. The first-order chi connectivity index (χ1) is 18.9. The van der Waals surface area contributed by atoms with Gasteiger partial charge in [-0.15, -0.1) is 0 Å². The number of carbonyl (C=O) groups is 2. The Morgan fingerprint density at radius 1 is 0.975 bits per heavy atom. The number of sulfone groups is 1. The Morgan fingerprint density at radius 3 is 2.15 bits per heavy atom. The van der Waals surface area contributed by atoms with Gasteiger partial charge in [-0.1, -0.05) is 31.2 Å². The third-order valence-corrected chi connectivity index (χ3v) is 8.45. The summed E-state index contributed by atoms with van der Waals surface area (Å²) in [5, 5.41) is 12.5. The van der Waals surface area contributed by atoms with Gasteiger partial charge in [0.05, 0.1) is 28.9 Å². The maximum Gasteiger partial charge on any atom is 0.416 e. The largest absolute Gasteiger partial charge is 0.416 e. The quantitative estimate of drug-likeness (QED) is 0.393. The van der Waals surface area contributed by atoms with E-state index in [4.69, 9.17) is 0 Å². The lowest BCUT2D eigenvalue weighted by atomic mass is 10.1. The van der Waals surface area contributed by atoms with Gasteiger partial charge in [0.15, 0.2) is 9.84 Å². The number of hydrogen-bond donors (Lipinski definition) is 2. The van der Waals surface area contributed by atoms with Crippen LogP contribution in [0.5, 0.6) is 0 Å². The van der Waals surface area contributed by atoms with E-state index >= 15 is 0 Å². The second-order valence-electron chi connectivity index (χ2n) is 9.28. The van der Waals surface area contributed by atoms with E-state index in [1.807, 2.05) is 0 Å². The maximum atomic E-state index is 12.9. The molecule has 1 fully saturated rings. The van der Waals surface area contributed by atoms with Crippen LogP contribution in [-0.2, 0) is 22.6 Å². The minimum atomic E-state index is -4.42. The van der Waals surface area contributed by atoms with Gasteiger partial charge in [-0.25, -0.2) is 13.2 Å². The number of aliphatic hydroxyl groups excluding tert-OH is 1. The van der Waals surface area contributed by atoms with Crippen molar-refractivity contribution in [2.24, 2.45) is 0 Å². The summed E-state index contributed by atoms with van der Waals surface area (Å²) in [6, 6.07) is 15.9. The van der Waals surface area contributed by atoms with Crippen LogP contribution in [0, 0.1) is 0 Å². The fourth-order valence-corrected chi connectivity index (χ4v) is 5.22. The molecule has 1 saturated heterocycles. The van der Waals surface area contributed by atoms with Crippen LogP contribution in [-0.4, -0.2) is 55.8 Å². The van der Waals surface area contributed by atoms with E-state index in [1.54, 1.807) is 43.3 Å². The van der Waals surface area contributed by atoms with Crippen molar-refractivity contribution in [1.29, 1.82) is 0 Å². The Bertz CT molecular complexity index is 1460. The monoisotopic (exact) mass is 575 g/mol. The highest BCUT2D eigenvalue weighted by Gasteiger charge is 2.32. The number of carbonyl (C=O) groups excluding carboxylic acids is 2. The second kappa shape index (κ2) is 11.7. The standard InChI is InChI=1S/C28H28F3N3O5S/c1-2-40(38,39)24-13-7-20(8-14-24)25(18-35)32-26(36)21-5-11-23(12-6-21)34-16-15-33(27(34)37)17-19-3-9-22(10-4-19)28(29,30)31/h3-14,25,35H,2,15-18H2,1H3,(H,32,36)/t25-/m0/s1. The number of nitrogens with zero attached hydrogens (tertiary/aromatic N) is 2. The minimum absolute atomic E-state index is 0.0390. The van der Waals surface area contributed by atoms with Crippen LogP contribution in [0.2, 0.25) is 0 Å². The highest BCUT2D eigenvalue weighted by molar-refractivity contribution is 7.91. The number of anilines is 1. The predicted octanol–water partition coefficient (Wildman–Crippen LogP) is 4.40. The van der Waals surface area contributed by atoms with Gasteiger partial charge in [0.25, 0.3) is 5.91 Å². The molecule has 0 aliphatic carbocycles. The van der Waals surface area contributed by atoms with Gasteiger partial charge in [0.2, 0.25) is 0 Å². The SMILES string of the molecule is CCS(=O)(=O)c1ccc([C@H](CO)NC(=O)c2ccc(N3CCN(Cc4ccc(C(F)(F)F)cc4)C3=O)cc2)cc1. The molecule has 212 valence electrons. The molecule has 0 bridgehead atoms. The van der Waals surface area contributed by atoms with Crippen molar-refractivity contribution in [2.45, 2.75) is 30.6 Å². The molecule has 3 amide bonds. The van der Waals surface area contributed by atoms with Gasteiger partial charge in [-0.3, -0.25) is 9.69 Å². The van der Waals surface area contributed by atoms with Gasteiger partial charge in [0, 0.05) is 30.9 Å². The molecule has 1 aliphatic rings. The lowest BCUT2D eigenvalue weighted by Gasteiger charge is -2.20. The number of aliphatic hydroxyl groups is 1.